The summed E-state index contributed by atoms with van der Waals surface area (Å²) in [5, 5.41) is 3.87. The highest BCUT2D eigenvalue weighted by Gasteiger charge is 2.19. The number of fused-ring (bicyclic) bond motifs is 1. The minimum atomic E-state index is -0.322. The number of halogens is 1. The van der Waals surface area contributed by atoms with Crippen LogP contribution >= 0.6 is 22.9 Å². The van der Waals surface area contributed by atoms with Crippen molar-refractivity contribution in [2.24, 2.45) is 0 Å². The Labute approximate surface area is 95.7 Å². The normalized spacial score (nSPS) is 15.5. The maximum Gasteiger partial charge on any atom is 0.267 e. The van der Waals surface area contributed by atoms with Crippen LogP contribution < -0.4 is 0 Å². The average molecular weight is 239 g/mol. The van der Waals surface area contributed by atoms with Gasteiger partial charge in [-0.25, -0.2) is 0 Å². The number of ether oxygens (including phenoxy) is 2. The number of benzene rings is 1. The fourth-order valence-electron chi connectivity index (χ4n) is 1.59. The van der Waals surface area contributed by atoms with E-state index in [2.05, 4.69) is 0 Å². The van der Waals surface area contributed by atoms with Gasteiger partial charge in [0.15, 0.2) is 0 Å². The zero-order chi connectivity index (χ0) is 10.3. The van der Waals surface area contributed by atoms with Crippen LogP contribution in [0.1, 0.15) is 11.9 Å². The molecule has 1 aliphatic heterocycles. The van der Waals surface area contributed by atoms with Gasteiger partial charge >= 0.3 is 0 Å². The SMILES string of the molecule is Clc1ccc2scc(C3OC=CO3)c2c1. The molecule has 2 nitrogen and oxygen atoms in total. The molecule has 1 aliphatic rings. The van der Waals surface area contributed by atoms with Crippen molar-refractivity contribution in [2.45, 2.75) is 6.29 Å². The van der Waals surface area contributed by atoms with Crippen LogP contribution in [0.3, 0.4) is 0 Å². The fourth-order valence-corrected chi connectivity index (χ4v) is 2.70. The summed E-state index contributed by atoms with van der Waals surface area (Å²) in [5.41, 5.74) is 1.03. The van der Waals surface area contributed by atoms with E-state index in [9.17, 15) is 0 Å². The zero-order valence-electron chi connectivity index (χ0n) is 7.64. The Hall–Kier alpha value is -1.19. The molecule has 15 heavy (non-hydrogen) atoms. The molecule has 0 aliphatic carbocycles. The molecule has 0 fully saturated rings. The Morgan fingerprint density at radius 1 is 1.20 bits per heavy atom. The molecule has 0 spiro atoms. The van der Waals surface area contributed by atoms with Gasteiger partial charge in [0.2, 0.25) is 0 Å². The van der Waals surface area contributed by atoms with Gasteiger partial charge in [0.25, 0.3) is 6.29 Å². The topological polar surface area (TPSA) is 18.5 Å². The Morgan fingerprint density at radius 2 is 2.00 bits per heavy atom. The first kappa shape index (κ1) is 9.07. The molecule has 1 aromatic carbocycles. The van der Waals surface area contributed by atoms with E-state index in [1.54, 1.807) is 23.9 Å². The summed E-state index contributed by atoms with van der Waals surface area (Å²) < 4.78 is 11.8. The molecular weight excluding hydrogens is 232 g/mol. The van der Waals surface area contributed by atoms with E-state index in [0.29, 0.717) is 0 Å². The van der Waals surface area contributed by atoms with Crippen molar-refractivity contribution in [2.75, 3.05) is 0 Å². The minimum Gasteiger partial charge on any atom is -0.455 e. The molecule has 0 radical (unpaired) electrons. The summed E-state index contributed by atoms with van der Waals surface area (Å²) in [6.07, 6.45) is 2.79. The van der Waals surface area contributed by atoms with Crippen molar-refractivity contribution in [3.63, 3.8) is 0 Å². The van der Waals surface area contributed by atoms with Gasteiger partial charge in [0.1, 0.15) is 12.5 Å². The molecule has 0 saturated heterocycles. The maximum atomic E-state index is 5.96. The number of hydrogen-bond donors (Lipinski definition) is 0. The van der Waals surface area contributed by atoms with Crippen LogP contribution in [0.2, 0.25) is 5.02 Å². The zero-order valence-corrected chi connectivity index (χ0v) is 9.22. The molecular formula is C11H7ClO2S. The summed E-state index contributed by atoms with van der Waals surface area (Å²) in [6.45, 7) is 0. The second-order valence-corrected chi connectivity index (χ2v) is 4.56. The van der Waals surface area contributed by atoms with Gasteiger partial charge < -0.3 is 9.47 Å². The highest BCUT2D eigenvalue weighted by molar-refractivity contribution is 7.17. The van der Waals surface area contributed by atoms with Crippen molar-refractivity contribution in [1.29, 1.82) is 0 Å². The van der Waals surface area contributed by atoms with Crippen LogP contribution in [0.15, 0.2) is 36.1 Å². The van der Waals surface area contributed by atoms with Crippen molar-refractivity contribution in [1.82, 2.24) is 0 Å². The van der Waals surface area contributed by atoms with Crippen molar-refractivity contribution in [3.8, 4) is 0 Å². The summed E-state index contributed by atoms with van der Waals surface area (Å²) in [5.74, 6) is 0. The molecule has 0 unspecified atom stereocenters. The van der Waals surface area contributed by atoms with E-state index in [0.717, 1.165) is 16.0 Å². The first-order valence-electron chi connectivity index (χ1n) is 4.47. The van der Waals surface area contributed by atoms with E-state index >= 15 is 0 Å². The third-order valence-corrected chi connectivity index (χ3v) is 3.50. The molecule has 0 bridgehead atoms. The first-order chi connectivity index (χ1) is 7.34. The molecule has 4 heteroatoms. The Kier molecular flexibility index (Phi) is 2.08. The van der Waals surface area contributed by atoms with Crippen LogP contribution in [0.4, 0.5) is 0 Å². The predicted octanol–water partition coefficient (Wildman–Crippen LogP) is 4.07. The Morgan fingerprint density at radius 3 is 2.80 bits per heavy atom. The van der Waals surface area contributed by atoms with Crippen LogP contribution in [0.25, 0.3) is 10.1 Å². The fraction of sp³-hybridized carbons (Fsp3) is 0.0909. The van der Waals surface area contributed by atoms with Crippen molar-refractivity contribution in [3.05, 3.63) is 46.7 Å². The van der Waals surface area contributed by atoms with Crippen molar-refractivity contribution < 1.29 is 9.47 Å². The molecule has 0 N–H and O–H groups in total. The van der Waals surface area contributed by atoms with Crippen LogP contribution in [0, 0.1) is 0 Å². The van der Waals surface area contributed by atoms with Gasteiger partial charge in [-0.2, -0.15) is 0 Å². The molecule has 1 aromatic heterocycles. The molecule has 0 atom stereocenters. The van der Waals surface area contributed by atoms with E-state index in [4.69, 9.17) is 21.1 Å². The van der Waals surface area contributed by atoms with E-state index in [1.807, 2.05) is 23.6 Å². The summed E-state index contributed by atoms with van der Waals surface area (Å²) in [6, 6.07) is 5.83. The number of thiophene rings is 1. The number of hydrogen-bond acceptors (Lipinski definition) is 3. The molecule has 2 aromatic rings. The van der Waals surface area contributed by atoms with Gasteiger partial charge in [0.05, 0.1) is 5.56 Å². The van der Waals surface area contributed by atoms with Crippen LogP contribution in [-0.2, 0) is 9.47 Å². The lowest BCUT2D eigenvalue weighted by Gasteiger charge is -2.08. The summed E-state index contributed by atoms with van der Waals surface area (Å²) >= 11 is 7.62. The molecule has 0 saturated carbocycles. The second kappa shape index (κ2) is 3.43. The van der Waals surface area contributed by atoms with E-state index < -0.39 is 0 Å². The molecule has 0 amide bonds. The Balaban J connectivity index is 2.14. The smallest absolute Gasteiger partial charge is 0.267 e. The van der Waals surface area contributed by atoms with Crippen LogP contribution in [0.5, 0.6) is 0 Å². The third kappa shape index (κ3) is 1.48. The average Bonchev–Trinajstić information content (AvgIpc) is 2.83. The van der Waals surface area contributed by atoms with Crippen molar-refractivity contribution >= 4 is 33.0 Å². The lowest BCUT2D eigenvalue weighted by atomic mass is 10.2. The summed E-state index contributed by atoms with van der Waals surface area (Å²) in [4.78, 5) is 0. The lowest BCUT2D eigenvalue weighted by Crippen LogP contribution is -1.95. The lowest BCUT2D eigenvalue weighted by molar-refractivity contribution is -0.0231. The van der Waals surface area contributed by atoms with E-state index in [-0.39, 0.29) is 6.29 Å². The molecule has 3 rings (SSSR count). The van der Waals surface area contributed by atoms with Gasteiger partial charge in [-0.05, 0) is 18.2 Å². The van der Waals surface area contributed by atoms with Gasteiger partial charge in [-0.1, -0.05) is 11.6 Å². The predicted molar refractivity (Wildman–Crippen MR) is 60.9 cm³/mol. The summed E-state index contributed by atoms with van der Waals surface area (Å²) in [7, 11) is 0. The third-order valence-electron chi connectivity index (χ3n) is 2.28. The highest BCUT2D eigenvalue weighted by Crippen LogP contribution is 2.35. The van der Waals surface area contributed by atoms with E-state index in [1.165, 1.54) is 4.70 Å². The highest BCUT2D eigenvalue weighted by atomic mass is 35.5. The standard InChI is InChI=1S/C11H7ClO2S/c12-7-1-2-10-8(5-7)9(6-15-10)11-13-3-4-14-11/h1-6,11H. The minimum absolute atomic E-state index is 0.322. The Bertz CT molecular complexity index is 524. The monoisotopic (exact) mass is 238 g/mol. The molecule has 2 heterocycles. The maximum absolute atomic E-state index is 5.96. The number of rotatable bonds is 1. The first-order valence-corrected chi connectivity index (χ1v) is 5.73. The largest absolute Gasteiger partial charge is 0.455 e. The van der Waals surface area contributed by atoms with Gasteiger partial charge in [0, 0.05) is 20.5 Å². The molecule has 76 valence electrons. The quantitative estimate of drug-likeness (QED) is 0.746. The van der Waals surface area contributed by atoms with Gasteiger partial charge in [-0.15, -0.1) is 11.3 Å². The second-order valence-electron chi connectivity index (χ2n) is 3.21. The van der Waals surface area contributed by atoms with Crippen LogP contribution in [-0.4, -0.2) is 0 Å². The van der Waals surface area contributed by atoms with Gasteiger partial charge in [-0.3, -0.25) is 0 Å².